The van der Waals surface area contributed by atoms with Crippen molar-refractivity contribution < 1.29 is 0 Å². The molecule has 116 valence electrons. The van der Waals surface area contributed by atoms with E-state index in [2.05, 4.69) is 56.4 Å². The normalized spacial score (nSPS) is 19.5. The largest absolute Gasteiger partial charge is 0.244 e. The number of fused-ring (bicyclic) bond motifs is 1. The van der Waals surface area contributed by atoms with E-state index in [0.717, 1.165) is 23.3 Å². The lowest BCUT2D eigenvalue weighted by Crippen LogP contribution is -1.99. The highest BCUT2D eigenvalue weighted by Crippen LogP contribution is 2.55. The van der Waals surface area contributed by atoms with Crippen molar-refractivity contribution in [1.82, 2.24) is 24.6 Å². The van der Waals surface area contributed by atoms with Crippen molar-refractivity contribution in [1.29, 1.82) is 0 Å². The average molecular weight is 313 g/mol. The first kappa shape index (κ1) is 13.4. The van der Waals surface area contributed by atoms with Gasteiger partial charge in [0.25, 0.3) is 0 Å². The zero-order valence-electron chi connectivity index (χ0n) is 12.9. The molecule has 0 spiro atoms. The van der Waals surface area contributed by atoms with Crippen molar-refractivity contribution in [2.45, 2.75) is 18.3 Å². The molecular weight excluding hydrogens is 298 g/mol. The van der Waals surface area contributed by atoms with Gasteiger partial charge in [-0.15, -0.1) is 0 Å². The predicted octanol–water partition coefficient (Wildman–Crippen LogP) is 3.46. The Morgan fingerprint density at radius 1 is 1.00 bits per heavy atom. The fraction of sp³-hybridized carbons (Fsp3) is 0.158. The van der Waals surface area contributed by atoms with Gasteiger partial charge < -0.3 is 0 Å². The SMILES string of the molecule is c1ccc([C@H]2C[C@@H]2c2cc(-c3cncnc3)nn3ccnc23)cc1. The second-order valence-electron chi connectivity index (χ2n) is 6.17. The summed E-state index contributed by atoms with van der Waals surface area (Å²) in [5, 5.41) is 4.65. The van der Waals surface area contributed by atoms with Crippen LogP contribution in [0.1, 0.15) is 29.4 Å². The van der Waals surface area contributed by atoms with Gasteiger partial charge in [0.1, 0.15) is 6.33 Å². The highest BCUT2D eigenvalue weighted by atomic mass is 15.2. The van der Waals surface area contributed by atoms with Crippen LogP contribution in [0.2, 0.25) is 0 Å². The number of benzene rings is 1. The molecule has 0 bridgehead atoms. The fourth-order valence-electron chi connectivity index (χ4n) is 3.39. The Kier molecular flexibility index (Phi) is 2.91. The molecule has 0 saturated heterocycles. The molecule has 1 fully saturated rings. The molecule has 1 saturated carbocycles. The molecule has 3 heterocycles. The minimum absolute atomic E-state index is 0.490. The Bertz CT molecular complexity index is 994. The lowest BCUT2D eigenvalue weighted by Gasteiger charge is -2.07. The summed E-state index contributed by atoms with van der Waals surface area (Å²) in [6.45, 7) is 0. The number of hydrogen-bond donors (Lipinski definition) is 0. The molecule has 3 aromatic heterocycles. The molecule has 24 heavy (non-hydrogen) atoms. The van der Waals surface area contributed by atoms with Crippen LogP contribution >= 0.6 is 0 Å². The zero-order chi connectivity index (χ0) is 15.9. The van der Waals surface area contributed by atoms with Gasteiger partial charge in [0.2, 0.25) is 0 Å². The summed E-state index contributed by atoms with van der Waals surface area (Å²) in [7, 11) is 0. The van der Waals surface area contributed by atoms with Gasteiger partial charge in [-0.3, -0.25) is 0 Å². The van der Waals surface area contributed by atoms with Gasteiger partial charge in [0.15, 0.2) is 5.65 Å². The first-order valence-electron chi connectivity index (χ1n) is 8.05. The predicted molar refractivity (Wildman–Crippen MR) is 90.6 cm³/mol. The molecular formula is C19H15N5. The summed E-state index contributed by atoms with van der Waals surface area (Å²) < 4.78 is 1.86. The average Bonchev–Trinajstić information content (AvgIpc) is 3.31. The standard InChI is InChI=1S/C19H15N5/c1-2-4-13(5-3-1)15-8-16(15)17-9-18(14-10-20-12-21-11-14)23-24-7-6-22-19(17)24/h1-7,9-12,15-16H,8H2/t15-,16+/m1/s1. The van der Waals surface area contributed by atoms with Crippen LogP contribution in [-0.2, 0) is 0 Å². The first-order valence-corrected chi connectivity index (χ1v) is 8.05. The van der Waals surface area contributed by atoms with Crippen molar-refractivity contribution in [2.24, 2.45) is 0 Å². The van der Waals surface area contributed by atoms with E-state index in [0.29, 0.717) is 11.8 Å². The van der Waals surface area contributed by atoms with E-state index in [1.165, 1.54) is 17.5 Å². The van der Waals surface area contributed by atoms with E-state index in [1.54, 1.807) is 18.6 Å². The van der Waals surface area contributed by atoms with E-state index < -0.39 is 0 Å². The molecule has 5 nitrogen and oxygen atoms in total. The summed E-state index contributed by atoms with van der Waals surface area (Å²) >= 11 is 0. The topological polar surface area (TPSA) is 56.0 Å². The summed E-state index contributed by atoms with van der Waals surface area (Å²) in [5.74, 6) is 1.05. The molecule has 1 aliphatic rings. The van der Waals surface area contributed by atoms with Crippen LogP contribution in [0.4, 0.5) is 0 Å². The Balaban J connectivity index is 1.60. The third-order valence-corrected chi connectivity index (χ3v) is 4.66. The minimum Gasteiger partial charge on any atom is -0.244 e. The van der Waals surface area contributed by atoms with Crippen molar-refractivity contribution in [3.05, 3.63) is 78.6 Å². The van der Waals surface area contributed by atoms with Gasteiger partial charge in [0.05, 0.1) is 5.69 Å². The zero-order valence-corrected chi connectivity index (χ0v) is 12.9. The van der Waals surface area contributed by atoms with Crippen molar-refractivity contribution in [3.8, 4) is 11.3 Å². The van der Waals surface area contributed by atoms with E-state index >= 15 is 0 Å². The maximum atomic E-state index is 4.65. The number of aromatic nitrogens is 5. The first-order chi connectivity index (χ1) is 11.9. The highest BCUT2D eigenvalue weighted by molar-refractivity contribution is 5.63. The molecule has 2 atom stereocenters. The van der Waals surface area contributed by atoms with Crippen LogP contribution in [0.3, 0.4) is 0 Å². The second kappa shape index (κ2) is 5.23. The van der Waals surface area contributed by atoms with Crippen molar-refractivity contribution in [2.75, 3.05) is 0 Å². The van der Waals surface area contributed by atoms with Gasteiger partial charge in [-0.05, 0) is 29.9 Å². The van der Waals surface area contributed by atoms with Gasteiger partial charge in [0, 0.05) is 35.9 Å². The molecule has 0 radical (unpaired) electrons. The molecule has 4 aromatic rings. The maximum absolute atomic E-state index is 4.65. The molecule has 0 amide bonds. The van der Waals surface area contributed by atoms with Crippen LogP contribution in [0.15, 0.2) is 67.5 Å². The van der Waals surface area contributed by atoms with E-state index in [-0.39, 0.29) is 0 Å². The number of rotatable bonds is 3. The minimum atomic E-state index is 0.490. The van der Waals surface area contributed by atoms with Crippen LogP contribution in [0.25, 0.3) is 16.9 Å². The lowest BCUT2D eigenvalue weighted by molar-refractivity contribution is 0.909. The van der Waals surface area contributed by atoms with Crippen LogP contribution < -0.4 is 0 Å². The van der Waals surface area contributed by atoms with E-state index in [1.807, 2.05) is 10.7 Å². The molecule has 0 N–H and O–H groups in total. The molecule has 0 unspecified atom stereocenters. The van der Waals surface area contributed by atoms with Gasteiger partial charge in [-0.2, -0.15) is 5.10 Å². The van der Waals surface area contributed by atoms with Gasteiger partial charge in [-0.25, -0.2) is 19.5 Å². The number of nitrogens with zero attached hydrogens (tertiary/aromatic N) is 5. The Morgan fingerprint density at radius 3 is 2.67 bits per heavy atom. The van der Waals surface area contributed by atoms with Crippen LogP contribution in [0.5, 0.6) is 0 Å². The Hall–Kier alpha value is -3.08. The third kappa shape index (κ3) is 2.17. The number of hydrogen-bond acceptors (Lipinski definition) is 4. The summed E-state index contributed by atoms with van der Waals surface area (Å²) in [4.78, 5) is 12.7. The van der Waals surface area contributed by atoms with E-state index in [4.69, 9.17) is 0 Å². The fourth-order valence-corrected chi connectivity index (χ4v) is 3.39. The monoisotopic (exact) mass is 313 g/mol. The molecule has 1 aliphatic carbocycles. The summed E-state index contributed by atoms with van der Waals surface area (Å²) in [6, 6.07) is 12.8. The van der Waals surface area contributed by atoms with Gasteiger partial charge >= 0.3 is 0 Å². The van der Waals surface area contributed by atoms with Gasteiger partial charge in [-0.1, -0.05) is 30.3 Å². The second-order valence-corrected chi connectivity index (χ2v) is 6.17. The third-order valence-electron chi connectivity index (χ3n) is 4.66. The smallest absolute Gasteiger partial charge is 0.156 e. The highest BCUT2D eigenvalue weighted by Gasteiger charge is 2.41. The summed E-state index contributed by atoms with van der Waals surface area (Å²) in [6.07, 6.45) is 9.98. The maximum Gasteiger partial charge on any atom is 0.156 e. The Morgan fingerprint density at radius 2 is 1.83 bits per heavy atom. The quantitative estimate of drug-likeness (QED) is 0.581. The Labute approximate surface area is 139 Å². The van der Waals surface area contributed by atoms with Crippen LogP contribution in [-0.4, -0.2) is 24.6 Å². The van der Waals surface area contributed by atoms with E-state index in [9.17, 15) is 0 Å². The van der Waals surface area contributed by atoms with Crippen molar-refractivity contribution in [3.63, 3.8) is 0 Å². The summed E-state index contributed by atoms with van der Waals surface area (Å²) in [5.41, 5.74) is 5.40. The van der Waals surface area contributed by atoms with Crippen molar-refractivity contribution >= 4 is 5.65 Å². The number of imidazole rings is 1. The van der Waals surface area contributed by atoms with Crippen LogP contribution in [0, 0.1) is 0 Å². The molecule has 5 rings (SSSR count). The lowest BCUT2D eigenvalue weighted by atomic mass is 10.0. The molecule has 5 heteroatoms. The molecule has 0 aliphatic heterocycles. The molecule has 1 aromatic carbocycles.